The molecule has 188 valence electrons. The van der Waals surface area contributed by atoms with Crippen LogP contribution in [0.5, 0.6) is 0 Å². The van der Waals surface area contributed by atoms with Gasteiger partial charge in [0.15, 0.2) is 6.29 Å². The molecule has 2 aliphatic heterocycles. The Morgan fingerprint density at radius 2 is 1.92 bits per heavy atom. The van der Waals surface area contributed by atoms with Crippen LogP contribution in [0.2, 0.25) is 0 Å². The molecule has 2 amide bonds. The van der Waals surface area contributed by atoms with Crippen molar-refractivity contribution >= 4 is 40.0 Å². The smallest absolute Gasteiger partial charge is 0.297 e. The van der Waals surface area contributed by atoms with Crippen molar-refractivity contribution in [1.82, 2.24) is 30.8 Å². The molecule has 2 fully saturated rings. The number of aromatic nitrogens is 3. The number of amides is 2. The lowest BCUT2D eigenvalue weighted by Crippen LogP contribution is -2.61. The molecule has 2 aromatic heterocycles. The van der Waals surface area contributed by atoms with E-state index in [1.165, 1.54) is 23.0 Å². The van der Waals surface area contributed by atoms with Crippen molar-refractivity contribution in [1.29, 1.82) is 0 Å². The minimum absolute atomic E-state index is 0.217. The van der Waals surface area contributed by atoms with Gasteiger partial charge in [-0.1, -0.05) is 18.2 Å². The number of H-pyrrole nitrogens is 1. The molecule has 0 bridgehead atoms. The average molecular weight is 503 g/mol. The monoisotopic (exact) mass is 502 g/mol. The first-order chi connectivity index (χ1) is 17.9. The van der Waals surface area contributed by atoms with Gasteiger partial charge in [-0.15, -0.1) is 0 Å². The maximum Gasteiger partial charge on any atom is 0.297 e. The SMILES string of the molecule is Cc1cc(NC(=O)C(=O)c2c[nH]c3ccccc23)n(C2NC(=O)C3CNN(c4ccc(F)cc4)C3N2)n1. The zero-order valence-electron chi connectivity index (χ0n) is 19.7. The molecule has 3 atom stereocenters. The van der Waals surface area contributed by atoms with Crippen LogP contribution >= 0.6 is 0 Å². The summed E-state index contributed by atoms with van der Waals surface area (Å²) in [6, 6.07) is 14.8. The van der Waals surface area contributed by atoms with E-state index in [1.807, 2.05) is 12.1 Å². The molecule has 11 nitrogen and oxygen atoms in total. The Morgan fingerprint density at radius 3 is 2.73 bits per heavy atom. The fraction of sp³-hybridized carbons (Fsp3) is 0.200. The topological polar surface area (TPSA) is 136 Å². The number of carbonyl (C=O) groups excluding carboxylic acids is 3. The van der Waals surface area contributed by atoms with E-state index in [-0.39, 0.29) is 23.1 Å². The molecule has 0 saturated carbocycles. The van der Waals surface area contributed by atoms with Crippen LogP contribution in [0.3, 0.4) is 0 Å². The van der Waals surface area contributed by atoms with Crippen LogP contribution in [0.25, 0.3) is 10.9 Å². The van der Waals surface area contributed by atoms with E-state index >= 15 is 0 Å². The fourth-order valence-electron chi connectivity index (χ4n) is 4.81. The summed E-state index contributed by atoms with van der Waals surface area (Å²) < 4.78 is 14.9. The predicted molar refractivity (Wildman–Crippen MR) is 133 cm³/mol. The number of halogens is 1. The summed E-state index contributed by atoms with van der Waals surface area (Å²) in [6.07, 6.45) is 0.226. The third-order valence-electron chi connectivity index (χ3n) is 6.57. The number of fused-ring (bicyclic) bond motifs is 2. The van der Waals surface area contributed by atoms with Crippen LogP contribution in [0.1, 0.15) is 22.3 Å². The van der Waals surface area contributed by atoms with Gasteiger partial charge in [-0.2, -0.15) is 5.10 Å². The molecule has 4 aromatic rings. The Labute approximate surface area is 210 Å². The quantitative estimate of drug-likeness (QED) is 0.207. The average Bonchev–Trinajstić information content (AvgIpc) is 3.61. The van der Waals surface area contributed by atoms with Crippen molar-refractivity contribution < 1.29 is 18.8 Å². The molecule has 0 radical (unpaired) electrons. The lowest BCUT2D eigenvalue weighted by atomic mass is 10.0. The van der Waals surface area contributed by atoms with Crippen LogP contribution in [-0.4, -0.2) is 45.1 Å². The third kappa shape index (κ3) is 4.01. The third-order valence-corrected chi connectivity index (χ3v) is 6.57. The summed E-state index contributed by atoms with van der Waals surface area (Å²) in [5.74, 6) is -2.29. The van der Waals surface area contributed by atoms with Crippen LogP contribution in [0, 0.1) is 18.7 Å². The molecule has 5 N–H and O–H groups in total. The summed E-state index contributed by atoms with van der Waals surface area (Å²) in [5, 5.41) is 15.7. The van der Waals surface area contributed by atoms with E-state index in [0.717, 1.165) is 5.52 Å². The number of hydrogen-bond acceptors (Lipinski definition) is 7. The number of Topliss-reactive ketones (excluding diaryl/α,β-unsaturated/α-hetero) is 1. The second-order valence-corrected chi connectivity index (χ2v) is 8.98. The number of anilines is 2. The summed E-state index contributed by atoms with van der Waals surface area (Å²) in [5.41, 5.74) is 5.44. The number of nitrogens with zero attached hydrogens (tertiary/aromatic N) is 3. The van der Waals surface area contributed by atoms with Crippen molar-refractivity contribution in [2.24, 2.45) is 5.92 Å². The first-order valence-corrected chi connectivity index (χ1v) is 11.7. The largest absolute Gasteiger partial charge is 0.360 e. The first kappa shape index (κ1) is 22.9. The molecule has 0 spiro atoms. The number of para-hydroxylation sites is 1. The van der Waals surface area contributed by atoms with Crippen LogP contribution in [0.4, 0.5) is 15.9 Å². The Hall–Kier alpha value is -4.55. The first-order valence-electron chi connectivity index (χ1n) is 11.7. The van der Waals surface area contributed by atoms with E-state index in [1.54, 1.807) is 42.3 Å². The van der Waals surface area contributed by atoms with E-state index in [0.29, 0.717) is 23.3 Å². The Balaban J connectivity index is 1.24. The van der Waals surface area contributed by atoms with Gasteiger partial charge in [-0.25, -0.2) is 14.5 Å². The summed E-state index contributed by atoms with van der Waals surface area (Å²) in [7, 11) is 0. The van der Waals surface area contributed by atoms with Crippen LogP contribution in [0.15, 0.2) is 60.8 Å². The zero-order valence-corrected chi connectivity index (χ0v) is 19.7. The minimum atomic E-state index is -0.832. The molecule has 2 aromatic carbocycles. The Kier molecular flexibility index (Phi) is 5.46. The van der Waals surface area contributed by atoms with Gasteiger partial charge in [0.2, 0.25) is 5.91 Å². The van der Waals surface area contributed by atoms with Gasteiger partial charge in [-0.05, 0) is 37.3 Å². The van der Waals surface area contributed by atoms with E-state index in [9.17, 15) is 18.8 Å². The number of aromatic amines is 1. The lowest BCUT2D eigenvalue weighted by molar-refractivity contribution is -0.129. The number of hydrazine groups is 1. The zero-order chi connectivity index (χ0) is 25.7. The van der Waals surface area contributed by atoms with Gasteiger partial charge in [-0.3, -0.25) is 24.7 Å². The number of rotatable bonds is 5. The summed E-state index contributed by atoms with van der Waals surface area (Å²) in [4.78, 5) is 41.8. The maximum absolute atomic E-state index is 13.4. The van der Waals surface area contributed by atoms with Gasteiger partial charge in [0.25, 0.3) is 11.7 Å². The second kappa shape index (κ2) is 8.84. The van der Waals surface area contributed by atoms with Crippen molar-refractivity contribution in [3.8, 4) is 0 Å². The predicted octanol–water partition coefficient (Wildman–Crippen LogP) is 1.78. The van der Waals surface area contributed by atoms with Gasteiger partial charge in [0.1, 0.15) is 17.8 Å². The van der Waals surface area contributed by atoms with Crippen LogP contribution < -0.4 is 26.4 Å². The lowest BCUT2D eigenvalue weighted by Gasteiger charge is -2.37. The van der Waals surface area contributed by atoms with Crippen LogP contribution in [-0.2, 0) is 9.59 Å². The Bertz CT molecular complexity index is 1530. The van der Waals surface area contributed by atoms with E-state index in [2.05, 4.69) is 31.5 Å². The minimum Gasteiger partial charge on any atom is -0.360 e. The second-order valence-electron chi connectivity index (χ2n) is 8.98. The number of carbonyl (C=O) groups is 3. The highest BCUT2D eigenvalue weighted by atomic mass is 19.1. The summed E-state index contributed by atoms with van der Waals surface area (Å²) in [6.45, 7) is 2.12. The molecule has 2 aliphatic rings. The molecule has 6 rings (SSSR count). The number of benzene rings is 2. The molecular formula is C25H23FN8O3. The van der Waals surface area contributed by atoms with Crippen molar-refractivity contribution in [3.05, 3.63) is 77.9 Å². The van der Waals surface area contributed by atoms with Crippen molar-refractivity contribution in [2.75, 3.05) is 16.9 Å². The van der Waals surface area contributed by atoms with Crippen molar-refractivity contribution in [3.63, 3.8) is 0 Å². The molecular weight excluding hydrogens is 479 g/mol. The molecule has 0 aliphatic carbocycles. The summed E-state index contributed by atoms with van der Waals surface area (Å²) >= 11 is 0. The van der Waals surface area contributed by atoms with Gasteiger partial charge < -0.3 is 15.6 Å². The maximum atomic E-state index is 13.4. The van der Waals surface area contributed by atoms with Gasteiger partial charge in [0.05, 0.1) is 22.9 Å². The molecule has 37 heavy (non-hydrogen) atoms. The number of hydrogen-bond donors (Lipinski definition) is 5. The highest BCUT2D eigenvalue weighted by Crippen LogP contribution is 2.28. The highest BCUT2D eigenvalue weighted by Gasteiger charge is 2.45. The van der Waals surface area contributed by atoms with E-state index < -0.39 is 30.1 Å². The number of ketones is 1. The standard InChI is InChI=1S/C25H23FN8O3/c1-13-10-20(29-24(37)21(35)17-11-27-19-5-3-2-4-16(17)19)34(32-13)25-30-22-18(23(36)31-25)12-28-33(22)15-8-6-14(26)7-9-15/h2-11,18,22,25,27-28,30H,12H2,1H3,(H,29,37)(H,31,36). The van der Waals surface area contributed by atoms with Crippen molar-refractivity contribution in [2.45, 2.75) is 19.4 Å². The van der Waals surface area contributed by atoms with E-state index in [4.69, 9.17) is 0 Å². The molecule has 2 saturated heterocycles. The molecule has 12 heteroatoms. The number of nitrogens with one attached hydrogen (secondary N) is 5. The molecule has 4 heterocycles. The number of aryl methyl sites for hydroxylation is 1. The normalized spacial score (nSPS) is 21.1. The molecule has 3 unspecified atom stereocenters. The van der Waals surface area contributed by atoms with Gasteiger partial charge in [0, 0.05) is 29.7 Å². The van der Waals surface area contributed by atoms with Gasteiger partial charge >= 0.3 is 0 Å². The Morgan fingerprint density at radius 1 is 1.14 bits per heavy atom. The highest BCUT2D eigenvalue weighted by molar-refractivity contribution is 6.48. The fourth-order valence-corrected chi connectivity index (χ4v) is 4.81.